The molecule has 11 heteroatoms. The van der Waals surface area contributed by atoms with Gasteiger partial charge < -0.3 is 21.3 Å². The van der Waals surface area contributed by atoms with Crippen molar-refractivity contribution in [2.24, 2.45) is 10.7 Å². The highest BCUT2D eigenvalue weighted by molar-refractivity contribution is 6.05. The molecule has 208 valence electrons. The number of halogens is 3. The fraction of sp³-hybridized carbons (Fsp3) is 0.241. The Labute approximate surface area is 229 Å². The first-order valence-corrected chi connectivity index (χ1v) is 12.7. The third-order valence-corrected chi connectivity index (χ3v) is 6.54. The van der Waals surface area contributed by atoms with Crippen molar-refractivity contribution >= 4 is 29.4 Å². The molecule has 8 nitrogen and oxygen atoms in total. The molecule has 4 rings (SSSR count). The molecule has 0 saturated carbocycles. The minimum Gasteiger partial charge on any atom is -0.383 e. The molecule has 0 aliphatic carbocycles. The number of hydrogen-bond donors (Lipinski definition) is 3. The van der Waals surface area contributed by atoms with Crippen LogP contribution in [-0.2, 0) is 4.79 Å². The predicted octanol–water partition coefficient (Wildman–Crippen LogP) is 4.96. The zero-order chi connectivity index (χ0) is 28.7. The van der Waals surface area contributed by atoms with Crippen LogP contribution < -0.4 is 16.4 Å². The molecule has 0 bridgehead atoms. The number of hydrogen-bond acceptors (Lipinski definition) is 3. The van der Waals surface area contributed by atoms with Gasteiger partial charge in [-0.25, -0.2) is 4.79 Å². The highest BCUT2D eigenvalue weighted by Crippen LogP contribution is 2.24. The summed E-state index contributed by atoms with van der Waals surface area (Å²) in [6, 6.07) is 22.0. The van der Waals surface area contributed by atoms with Crippen LogP contribution in [0, 0.1) is 0 Å². The van der Waals surface area contributed by atoms with Crippen LogP contribution in [0.5, 0.6) is 0 Å². The number of urea groups is 1. The molecule has 3 aromatic rings. The number of aliphatic imine (C=N–C) groups is 1. The molecule has 1 aliphatic rings. The van der Waals surface area contributed by atoms with Crippen LogP contribution in [0.2, 0.25) is 0 Å². The van der Waals surface area contributed by atoms with Crippen LogP contribution >= 0.6 is 0 Å². The van der Waals surface area contributed by atoms with Crippen molar-refractivity contribution in [1.82, 2.24) is 10.2 Å². The van der Waals surface area contributed by atoms with E-state index in [0.29, 0.717) is 24.2 Å². The van der Waals surface area contributed by atoms with Crippen molar-refractivity contribution in [2.75, 3.05) is 18.4 Å². The van der Waals surface area contributed by atoms with Crippen LogP contribution in [0.15, 0.2) is 83.9 Å². The number of likely N-dealkylation sites (tertiary alicyclic amines) is 1. The molecule has 40 heavy (non-hydrogen) atoms. The molecular weight excluding hydrogens is 523 g/mol. The molecule has 1 heterocycles. The summed E-state index contributed by atoms with van der Waals surface area (Å²) in [6.07, 6.45) is -2.68. The molecule has 1 aliphatic heterocycles. The van der Waals surface area contributed by atoms with Gasteiger partial charge in [-0.3, -0.25) is 9.59 Å². The Kier molecular flexibility index (Phi) is 8.83. The van der Waals surface area contributed by atoms with E-state index >= 15 is 0 Å². The summed E-state index contributed by atoms with van der Waals surface area (Å²) in [6.45, 7) is 0.777. The van der Waals surface area contributed by atoms with Gasteiger partial charge in [0.05, 0.1) is 6.04 Å². The summed E-state index contributed by atoms with van der Waals surface area (Å²) in [4.78, 5) is 41.8. The lowest BCUT2D eigenvalue weighted by Crippen LogP contribution is -2.50. The van der Waals surface area contributed by atoms with Gasteiger partial charge in [0, 0.05) is 29.9 Å². The van der Waals surface area contributed by atoms with Gasteiger partial charge >= 0.3 is 18.1 Å². The summed E-state index contributed by atoms with van der Waals surface area (Å²) >= 11 is 0. The van der Waals surface area contributed by atoms with E-state index in [0.717, 1.165) is 24.0 Å². The van der Waals surface area contributed by atoms with E-state index < -0.39 is 17.9 Å². The first kappa shape index (κ1) is 28.3. The van der Waals surface area contributed by atoms with Gasteiger partial charge in [0.1, 0.15) is 5.84 Å². The maximum atomic E-state index is 13.1. The molecule has 4 amide bonds. The highest BCUT2D eigenvalue weighted by atomic mass is 19.4. The third kappa shape index (κ3) is 7.04. The normalized spacial score (nSPS) is 15.8. The number of amidine groups is 1. The number of nitrogens with one attached hydrogen (secondary N) is 2. The highest BCUT2D eigenvalue weighted by Gasteiger charge is 2.38. The van der Waals surface area contributed by atoms with Crippen LogP contribution in [-0.4, -0.2) is 53.9 Å². The Morgan fingerprint density at radius 1 is 0.925 bits per heavy atom. The minimum atomic E-state index is -5.12. The lowest BCUT2D eigenvalue weighted by molar-refractivity contribution is -0.169. The molecular formula is C29H28F3N5O3. The zero-order valence-corrected chi connectivity index (χ0v) is 21.4. The molecule has 1 saturated heterocycles. The summed E-state index contributed by atoms with van der Waals surface area (Å²) in [5, 5.41) is 5.75. The van der Waals surface area contributed by atoms with Gasteiger partial charge in [-0.2, -0.15) is 18.2 Å². The number of amides is 4. The summed E-state index contributed by atoms with van der Waals surface area (Å²) < 4.78 is 37.3. The average Bonchev–Trinajstić information content (AvgIpc) is 2.96. The number of carbonyl (C=O) groups excluding carboxylic acids is 3. The van der Waals surface area contributed by atoms with Crippen molar-refractivity contribution in [3.8, 4) is 11.1 Å². The number of piperidine rings is 1. The molecule has 0 aromatic heterocycles. The lowest BCUT2D eigenvalue weighted by atomic mass is 9.98. The van der Waals surface area contributed by atoms with Crippen LogP contribution in [0.1, 0.15) is 35.2 Å². The molecule has 4 N–H and O–H groups in total. The first-order valence-electron chi connectivity index (χ1n) is 12.7. The summed E-state index contributed by atoms with van der Waals surface area (Å²) in [5.74, 6) is -3.11. The van der Waals surface area contributed by atoms with E-state index in [1.165, 1.54) is 24.3 Å². The average molecular weight is 552 g/mol. The number of nitrogens with zero attached hydrogens (tertiary/aromatic N) is 2. The first-order chi connectivity index (χ1) is 19.1. The van der Waals surface area contributed by atoms with E-state index in [9.17, 15) is 27.6 Å². The van der Waals surface area contributed by atoms with Gasteiger partial charge in [-0.1, -0.05) is 48.5 Å². The maximum absolute atomic E-state index is 13.1. The second-order valence-electron chi connectivity index (χ2n) is 9.27. The number of alkyl halides is 3. The Bertz CT molecular complexity index is 1390. The third-order valence-electron chi connectivity index (χ3n) is 6.54. The maximum Gasteiger partial charge on any atom is 0.473 e. The summed E-state index contributed by atoms with van der Waals surface area (Å²) in [7, 11) is 0. The minimum absolute atomic E-state index is 0.102. The Morgan fingerprint density at radius 2 is 1.60 bits per heavy atom. The zero-order valence-electron chi connectivity index (χ0n) is 21.4. The standard InChI is InChI=1S/C29H28F3N5O3/c30-29(31,32)27(39)36-25(33)20-13-15-21(16-14-20)35-28(40)37-17-7-6-10-22(37)18-34-26(38)24-12-5-4-11-23(24)19-8-2-1-3-9-19/h1-5,8-9,11-16,22H,6-7,10,17-18H2,(H,34,38)(H,35,40)(H2,33,36,39). The molecule has 1 fully saturated rings. The fourth-order valence-electron chi connectivity index (χ4n) is 4.49. The van der Waals surface area contributed by atoms with E-state index in [1.54, 1.807) is 17.0 Å². The van der Waals surface area contributed by atoms with E-state index in [-0.39, 0.29) is 30.1 Å². The van der Waals surface area contributed by atoms with E-state index in [1.807, 2.05) is 42.5 Å². The quantitative estimate of drug-likeness (QED) is 0.296. The number of benzene rings is 3. The monoisotopic (exact) mass is 551 g/mol. The van der Waals surface area contributed by atoms with Crippen LogP contribution in [0.3, 0.4) is 0 Å². The molecule has 1 atom stereocenters. The van der Waals surface area contributed by atoms with Crippen molar-refractivity contribution in [2.45, 2.75) is 31.5 Å². The van der Waals surface area contributed by atoms with Crippen LogP contribution in [0.4, 0.5) is 23.7 Å². The van der Waals surface area contributed by atoms with Crippen molar-refractivity contribution in [3.63, 3.8) is 0 Å². The van der Waals surface area contributed by atoms with Gasteiger partial charge in [0.25, 0.3) is 5.91 Å². The predicted molar refractivity (Wildman–Crippen MR) is 146 cm³/mol. The fourth-order valence-corrected chi connectivity index (χ4v) is 4.49. The van der Waals surface area contributed by atoms with Gasteiger partial charge in [-0.15, -0.1) is 0 Å². The number of rotatable bonds is 6. The second-order valence-corrected chi connectivity index (χ2v) is 9.27. The topological polar surface area (TPSA) is 117 Å². The van der Waals surface area contributed by atoms with Crippen molar-refractivity contribution < 1.29 is 27.6 Å². The molecule has 1 unspecified atom stereocenters. The van der Waals surface area contributed by atoms with Crippen molar-refractivity contribution in [1.29, 1.82) is 0 Å². The number of nitrogens with two attached hydrogens (primary N) is 1. The largest absolute Gasteiger partial charge is 0.473 e. The smallest absolute Gasteiger partial charge is 0.383 e. The molecule has 0 spiro atoms. The molecule has 0 radical (unpaired) electrons. The second kappa shape index (κ2) is 12.5. The Morgan fingerprint density at radius 3 is 2.30 bits per heavy atom. The number of carbonyl (C=O) groups is 3. The molecule has 3 aromatic carbocycles. The number of anilines is 1. The van der Waals surface area contributed by atoms with E-state index in [2.05, 4.69) is 15.6 Å². The Hall–Kier alpha value is -4.67. The van der Waals surface area contributed by atoms with Gasteiger partial charge in [0.2, 0.25) is 0 Å². The van der Waals surface area contributed by atoms with Gasteiger partial charge in [0.15, 0.2) is 0 Å². The van der Waals surface area contributed by atoms with Crippen molar-refractivity contribution in [3.05, 3.63) is 90.0 Å². The lowest BCUT2D eigenvalue weighted by Gasteiger charge is -2.35. The SMILES string of the molecule is NC(=NC(=O)C(F)(F)F)c1ccc(NC(=O)N2CCCCC2CNC(=O)c2ccccc2-c2ccccc2)cc1. The summed E-state index contributed by atoms with van der Waals surface area (Å²) in [5.41, 5.74) is 8.29. The van der Waals surface area contributed by atoms with E-state index in [4.69, 9.17) is 5.73 Å². The van der Waals surface area contributed by atoms with Gasteiger partial charge in [-0.05, 0) is 60.7 Å². The Balaban J connectivity index is 1.39. The van der Waals surface area contributed by atoms with Crippen LogP contribution in [0.25, 0.3) is 11.1 Å².